The number of H-pyrrole nitrogens is 1. The molecule has 1 aliphatic carbocycles. The number of hydrogen-bond acceptors (Lipinski definition) is 4. The van der Waals surface area contributed by atoms with Crippen LogP contribution in [0.1, 0.15) is 24.7 Å². The van der Waals surface area contributed by atoms with Gasteiger partial charge in [0.25, 0.3) is 0 Å². The van der Waals surface area contributed by atoms with Crippen molar-refractivity contribution in [3.8, 4) is 0 Å². The van der Waals surface area contributed by atoms with Crippen molar-refractivity contribution in [2.24, 2.45) is 11.7 Å². The summed E-state index contributed by atoms with van der Waals surface area (Å²) >= 11 is 0. The molecule has 1 saturated carbocycles. The van der Waals surface area contributed by atoms with Gasteiger partial charge in [-0.15, -0.1) is 10.2 Å². The number of aromatic amines is 1. The predicted molar refractivity (Wildman–Crippen MR) is 33.8 cm³/mol. The van der Waals surface area contributed by atoms with E-state index in [1.54, 1.807) is 0 Å². The Balaban J connectivity index is 2.11. The first kappa shape index (κ1) is 5.79. The van der Waals surface area contributed by atoms with Crippen LogP contribution in [-0.2, 0) is 0 Å². The molecule has 0 saturated heterocycles. The number of rotatable bonds is 2. The van der Waals surface area contributed by atoms with Gasteiger partial charge in [-0.25, -0.2) is 0 Å². The van der Waals surface area contributed by atoms with Gasteiger partial charge in [0.15, 0.2) is 5.82 Å². The van der Waals surface area contributed by atoms with Gasteiger partial charge in [0, 0.05) is 0 Å². The van der Waals surface area contributed by atoms with Crippen LogP contribution in [0.15, 0.2) is 0 Å². The maximum Gasteiger partial charge on any atom is 0.191 e. The SMILES string of the molecule is N[C@H](c1nn[nH]n1)C1CC1. The third-order valence-electron chi connectivity index (χ3n) is 1.79. The molecule has 1 atom stereocenters. The van der Waals surface area contributed by atoms with Crippen LogP contribution < -0.4 is 5.73 Å². The summed E-state index contributed by atoms with van der Waals surface area (Å²) in [6.45, 7) is 0. The Hall–Kier alpha value is -0.970. The van der Waals surface area contributed by atoms with Gasteiger partial charge in [-0.05, 0) is 18.8 Å². The van der Waals surface area contributed by atoms with E-state index in [2.05, 4.69) is 20.6 Å². The van der Waals surface area contributed by atoms with Crippen molar-refractivity contribution >= 4 is 0 Å². The van der Waals surface area contributed by atoms with Crippen LogP contribution in [-0.4, -0.2) is 20.6 Å². The Morgan fingerprint density at radius 2 is 2.40 bits per heavy atom. The molecule has 0 unspecified atom stereocenters. The maximum atomic E-state index is 5.76. The van der Waals surface area contributed by atoms with Crippen molar-refractivity contribution in [2.75, 3.05) is 0 Å². The summed E-state index contributed by atoms with van der Waals surface area (Å²) in [6, 6.07) is -0.00116. The standard InChI is InChI=1S/C5H9N5/c6-4(3-1-2-3)5-7-9-10-8-5/h3-4H,1-2,6H2,(H,7,8,9,10)/t4-/m0/s1. The zero-order valence-corrected chi connectivity index (χ0v) is 5.49. The lowest BCUT2D eigenvalue weighted by atomic mass is 10.2. The fourth-order valence-corrected chi connectivity index (χ4v) is 0.977. The zero-order valence-electron chi connectivity index (χ0n) is 5.49. The van der Waals surface area contributed by atoms with Gasteiger partial charge >= 0.3 is 0 Å². The molecule has 3 N–H and O–H groups in total. The molecule has 54 valence electrons. The number of tetrazole rings is 1. The fourth-order valence-electron chi connectivity index (χ4n) is 0.977. The van der Waals surface area contributed by atoms with Gasteiger partial charge in [0.2, 0.25) is 0 Å². The molecular weight excluding hydrogens is 130 g/mol. The molecule has 1 fully saturated rings. The molecule has 1 aromatic heterocycles. The number of nitrogens with one attached hydrogen (secondary N) is 1. The van der Waals surface area contributed by atoms with Crippen LogP contribution in [0, 0.1) is 5.92 Å². The van der Waals surface area contributed by atoms with E-state index in [1.165, 1.54) is 12.8 Å². The van der Waals surface area contributed by atoms with Crippen LogP contribution in [0.4, 0.5) is 0 Å². The van der Waals surface area contributed by atoms with Crippen molar-refractivity contribution in [3.63, 3.8) is 0 Å². The third kappa shape index (κ3) is 0.881. The molecule has 0 aromatic carbocycles. The maximum absolute atomic E-state index is 5.76. The van der Waals surface area contributed by atoms with Gasteiger partial charge < -0.3 is 5.73 Å². The summed E-state index contributed by atoms with van der Waals surface area (Å²) in [4.78, 5) is 0. The minimum atomic E-state index is -0.00116. The molecule has 5 nitrogen and oxygen atoms in total. The lowest BCUT2D eigenvalue weighted by Gasteiger charge is -2.01. The quantitative estimate of drug-likeness (QED) is 0.584. The van der Waals surface area contributed by atoms with Crippen molar-refractivity contribution in [1.29, 1.82) is 0 Å². The fraction of sp³-hybridized carbons (Fsp3) is 0.800. The molecular formula is C5H9N5. The molecule has 5 heteroatoms. The number of hydrogen-bond donors (Lipinski definition) is 2. The molecule has 0 aliphatic heterocycles. The summed E-state index contributed by atoms with van der Waals surface area (Å²) in [7, 11) is 0. The summed E-state index contributed by atoms with van der Waals surface area (Å²) in [5.41, 5.74) is 5.76. The van der Waals surface area contributed by atoms with Gasteiger partial charge in [-0.2, -0.15) is 5.21 Å². The van der Waals surface area contributed by atoms with E-state index in [1.807, 2.05) is 0 Å². The number of nitrogens with two attached hydrogens (primary N) is 1. The third-order valence-corrected chi connectivity index (χ3v) is 1.79. The second kappa shape index (κ2) is 2.02. The van der Waals surface area contributed by atoms with Crippen molar-refractivity contribution < 1.29 is 0 Å². The second-order valence-corrected chi connectivity index (χ2v) is 2.63. The Kier molecular flexibility index (Phi) is 1.17. The first-order chi connectivity index (χ1) is 4.88. The average Bonchev–Trinajstić information content (AvgIpc) is 2.65. The van der Waals surface area contributed by atoms with E-state index in [9.17, 15) is 0 Å². The van der Waals surface area contributed by atoms with Gasteiger partial charge in [-0.1, -0.05) is 5.21 Å². The van der Waals surface area contributed by atoms with Gasteiger partial charge in [0.05, 0.1) is 6.04 Å². The Morgan fingerprint density at radius 3 is 2.90 bits per heavy atom. The molecule has 2 rings (SSSR count). The summed E-state index contributed by atoms with van der Waals surface area (Å²) in [5, 5.41) is 13.4. The second-order valence-electron chi connectivity index (χ2n) is 2.63. The lowest BCUT2D eigenvalue weighted by molar-refractivity contribution is 0.594. The predicted octanol–water partition coefficient (Wildman–Crippen LogP) is -0.391. The highest BCUT2D eigenvalue weighted by Gasteiger charge is 2.31. The largest absolute Gasteiger partial charge is 0.321 e. The summed E-state index contributed by atoms with van der Waals surface area (Å²) in [6.07, 6.45) is 2.41. The first-order valence-corrected chi connectivity index (χ1v) is 3.37. The average molecular weight is 139 g/mol. The topological polar surface area (TPSA) is 80.5 Å². The van der Waals surface area contributed by atoms with E-state index in [-0.39, 0.29) is 6.04 Å². The number of aromatic nitrogens is 4. The van der Waals surface area contributed by atoms with Crippen LogP contribution in [0.3, 0.4) is 0 Å². The molecule has 0 spiro atoms. The molecule has 0 bridgehead atoms. The van der Waals surface area contributed by atoms with E-state index >= 15 is 0 Å². The molecule has 1 aromatic rings. The van der Waals surface area contributed by atoms with Gasteiger partial charge in [-0.3, -0.25) is 0 Å². The highest BCUT2D eigenvalue weighted by atomic mass is 15.5. The van der Waals surface area contributed by atoms with Crippen molar-refractivity contribution in [1.82, 2.24) is 20.6 Å². The van der Waals surface area contributed by atoms with Crippen LogP contribution in [0.5, 0.6) is 0 Å². The Bertz CT molecular complexity index is 202. The van der Waals surface area contributed by atoms with Crippen molar-refractivity contribution in [3.05, 3.63) is 5.82 Å². The van der Waals surface area contributed by atoms with Crippen LogP contribution >= 0.6 is 0 Å². The summed E-state index contributed by atoms with van der Waals surface area (Å²) in [5.74, 6) is 1.24. The minimum absolute atomic E-state index is 0.00116. The van der Waals surface area contributed by atoms with Crippen LogP contribution in [0.25, 0.3) is 0 Å². The van der Waals surface area contributed by atoms with Gasteiger partial charge in [0.1, 0.15) is 0 Å². The normalized spacial score (nSPS) is 20.9. The van der Waals surface area contributed by atoms with Crippen LogP contribution in [0.2, 0.25) is 0 Å². The Morgan fingerprint density at radius 1 is 1.60 bits per heavy atom. The smallest absolute Gasteiger partial charge is 0.191 e. The van der Waals surface area contributed by atoms with E-state index in [4.69, 9.17) is 5.73 Å². The van der Waals surface area contributed by atoms with E-state index in [0.717, 1.165) is 0 Å². The van der Waals surface area contributed by atoms with E-state index < -0.39 is 0 Å². The van der Waals surface area contributed by atoms with Crippen molar-refractivity contribution in [2.45, 2.75) is 18.9 Å². The molecule has 1 heterocycles. The molecule has 10 heavy (non-hydrogen) atoms. The highest BCUT2D eigenvalue weighted by molar-refractivity contribution is 4.96. The number of nitrogens with zero attached hydrogens (tertiary/aromatic N) is 3. The zero-order chi connectivity index (χ0) is 6.97. The van der Waals surface area contributed by atoms with E-state index in [0.29, 0.717) is 11.7 Å². The molecule has 0 amide bonds. The minimum Gasteiger partial charge on any atom is -0.321 e. The monoisotopic (exact) mass is 139 g/mol. The summed E-state index contributed by atoms with van der Waals surface area (Å²) < 4.78 is 0. The highest BCUT2D eigenvalue weighted by Crippen LogP contribution is 2.37. The molecule has 0 radical (unpaired) electrons. The molecule has 1 aliphatic rings. The first-order valence-electron chi connectivity index (χ1n) is 3.37. The lowest BCUT2D eigenvalue weighted by Crippen LogP contribution is -2.14. The Labute approximate surface area is 58.0 Å².